The molecule has 0 saturated heterocycles. The first-order chi connectivity index (χ1) is 8.59. The van der Waals surface area contributed by atoms with Crippen LogP contribution in [-0.4, -0.2) is 15.6 Å². The number of aromatic nitrogens is 1. The molecule has 0 aliphatic rings. The molecule has 2 heterocycles. The van der Waals surface area contributed by atoms with Crippen molar-refractivity contribution in [3.05, 3.63) is 45.6 Å². The van der Waals surface area contributed by atoms with E-state index in [-0.39, 0.29) is 18.4 Å². The number of nitrogens with zero attached hydrogens (tertiary/aromatic N) is 1. The second-order valence-corrected chi connectivity index (χ2v) is 4.93. The van der Waals surface area contributed by atoms with Crippen LogP contribution < -0.4 is 5.56 Å². The molecule has 18 heavy (non-hydrogen) atoms. The summed E-state index contributed by atoms with van der Waals surface area (Å²) in [5, 5.41) is 10.6. The van der Waals surface area contributed by atoms with Crippen LogP contribution in [0.4, 0.5) is 0 Å². The van der Waals surface area contributed by atoms with Crippen LogP contribution >= 0.6 is 11.3 Å². The number of pyridine rings is 1. The Balaban J connectivity index is 2.36. The highest BCUT2D eigenvalue weighted by molar-refractivity contribution is 7.13. The zero-order chi connectivity index (χ0) is 13.1. The Morgan fingerprint density at radius 1 is 1.39 bits per heavy atom. The third-order valence-corrected chi connectivity index (χ3v) is 3.66. The zero-order valence-corrected chi connectivity index (χ0v) is 10.7. The molecule has 2 rings (SSSR count). The predicted octanol–water partition coefficient (Wildman–Crippen LogP) is 2.13. The van der Waals surface area contributed by atoms with Gasteiger partial charge in [0, 0.05) is 19.0 Å². The van der Waals surface area contributed by atoms with Crippen LogP contribution in [0.15, 0.2) is 34.4 Å². The smallest absolute Gasteiger partial charge is 0.303 e. The average molecular weight is 263 g/mol. The summed E-state index contributed by atoms with van der Waals surface area (Å²) >= 11 is 1.57. The fraction of sp³-hybridized carbons (Fsp3) is 0.231. The predicted molar refractivity (Wildman–Crippen MR) is 71.0 cm³/mol. The lowest BCUT2D eigenvalue weighted by atomic mass is 10.1. The average Bonchev–Trinajstić information content (AvgIpc) is 2.84. The molecule has 0 saturated carbocycles. The SMILES string of the molecule is Cn1c(-c2cccs2)ccc(CCC(=O)O)c1=O. The monoisotopic (exact) mass is 263 g/mol. The van der Waals surface area contributed by atoms with E-state index in [9.17, 15) is 9.59 Å². The van der Waals surface area contributed by atoms with Crippen molar-refractivity contribution in [3.63, 3.8) is 0 Å². The summed E-state index contributed by atoms with van der Waals surface area (Å²) in [6.07, 6.45) is 0.250. The molecule has 0 atom stereocenters. The molecule has 4 nitrogen and oxygen atoms in total. The first kappa shape index (κ1) is 12.6. The molecule has 0 aliphatic heterocycles. The van der Waals surface area contributed by atoms with E-state index in [2.05, 4.69) is 0 Å². The van der Waals surface area contributed by atoms with Crippen molar-refractivity contribution in [3.8, 4) is 10.6 Å². The third kappa shape index (κ3) is 2.51. The molecule has 0 fully saturated rings. The van der Waals surface area contributed by atoms with Gasteiger partial charge in [0.15, 0.2) is 0 Å². The van der Waals surface area contributed by atoms with Gasteiger partial charge in [-0.25, -0.2) is 0 Å². The molecule has 0 aliphatic carbocycles. The topological polar surface area (TPSA) is 59.3 Å². The molecule has 94 valence electrons. The lowest BCUT2D eigenvalue weighted by molar-refractivity contribution is -0.136. The standard InChI is InChI=1S/C13H13NO3S/c1-14-10(11-3-2-8-18-11)6-4-9(13(14)17)5-7-12(15)16/h2-4,6,8H,5,7H2,1H3,(H,15,16). The first-order valence-electron chi connectivity index (χ1n) is 5.54. The summed E-state index contributed by atoms with van der Waals surface area (Å²) < 4.78 is 1.57. The van der Waals surface area contributed by atoms with Crippen LogP contribution in [0.25, 0.3) is 10.6 Å². The Morgan fingerprint density at radius 2 is 2.17 bits per heavy atom. The van der Waals surface area contributed by atoms with Gasteiger partial charge in [-0.15, -0.1) is 11.3 Å². The van der Waals surface area contributed by atoms with Crippen molar-refractivity contribution in [2.24, 2.45) is 7.05 Å². The molecular weight excluding hydrogens is 250 g/mol. The summed E-state index contributed by atoms with van der Waals surface area (Å²) in [5.41, 5.74) is 1.27. The van der Waals surface area contributed by atoms with E-state index in [0.717, 1.165) is 10.6 Å². The molecule has 0 unspecified atom stereocenters. The number of carboxylic acid groups (broad SMARTS) is 1. The maximum absolute atomic E-state index is 12.1. The quantitative estimate of drug-likeness (QED) is 0.919. The first-order valence-corrected chi connectivity index (χ1v) is 6.42. The second-order valence-electron chi connectivity index (χ2n) is 3.98. The van der Waals surface area contributed by atoms with Crippen LogP contribution in [0.5, 0.6) is 0 Å². The summed E-state index contributed by atoms with van der Waals surface area (Å²) in [7, 11) is 1.71. The largest absolute Gasteiger partial charge is 0.481 e. The Hall–Kier alpha value is -1.88. The van der Waals surface area contributed by atoms with Gasteiger partial charge in [-0.05, 0) is 23.9 Å². The van der Waals surface area contributed by atoms with Crippen LogP contribution in [0.2, 0.25) is 0 Å². The third-order valence-electron chi connectivity index (χ3n) is 2.76. The number of aliphatic carboxylic acids is 1. The Bertz CT molecular complexity index is 614. The number of hydrogen-bond donors (Lipinski definition) is 1. The molecular formula is C13H13NO3S. The molecule has 1 N–H and O–H groups in total. The van der Waals surface area contributed by atoms with Crippen LogP contribution in [0, 0.1) is 0 Å². The molecule has 0 amide bonds. The van der Waals surface area contributed by atoms with Crippen LogP contribution in [-0.2, 0) is 18.3 Å². The summed E-state index contributed by atoms with van der Waals surface area (Å²) in [4.78, 5) is 23.6. The molecule has 0 spiro atoms. The van der Waals surface area contributed by atoms with E-state index in [1.165, 1.54) is 0 Å². The van der Waals surface area contributed by atoms with E-state index in [4.69, 9.17) is 5.11 Å². The fourth-order valence-corrected chi connectivity index (χ4v) is 2.58. The number of thiophene rings is 1. The summed E-state index contributed by atoms with van der Waals surface area (Å²) in [5.74, 6) is -0.889. The lowest BCUT2D eigenvalue weighted by Crippen LogP contribution is -2.22. The minimum atomic E-state index is -0.889. The highest BCUT2D eigenvalue weighted by atomic mass is 32.1. The van der Waals surface area contributed by atoms with Gasteiger partial charge in [0.1, 0.15) is 0 Å². The number of rotatable bonds is 4. The molecule has 2 aromatic rings. The van der Waals surface area contributed by atoms with Crippen molar-refractivity contribution in [1.29, 1.82) is 0 Å². The highest BCUT2D eigenvalue weighted by Crippen LogP contribution is 2.23. The second kappa shape index (κ2) is 5.18. The van der Waals surface area contributed by atoms with E-state index in [1.54, 1.807) is 29.0 Å². The van der Waals surface area contributed by atoms with Crippen LogP contribution in [0.1, 0.15) is 12.0 Å². The van der Waals surface area contributed by atoms with Gasteiger partial charge in [0.25, 0.3) is 5.56 Å². The van der Waals surface area contributed by atoms with Crippen molar-refractivity contribution < 1.29 is 9.90 Å². The summed E-state index contributed by atoms with van der Waals surface area (Å²) in [6.45, 7) is 0. The maximum atomic E-state index is 12.1. The highest BCUT2D eigenvalue weighted by Gasteiger charge is 2.09. The molecule has 0 aromatic carbocycles. The molecule has 0 radical (unpaired) electrons. The van der Waals surface area contributed by atoms with Gasteiger partial charge in [0.2, 0.25) is 0 Å². The number of carbonyl (C=O) groups is 1. The number of aryl methyl sites for hydroxylation is 1. The van der Waals surface area contributed by atoms with Gasteiger partial charge in [-0.3, -0.25) is 9.59 Å². The van der Waals surface area contributed by atoms with Gasteiger partial charge >= 0.3 is 5.97 Å². The lowest BCUT2D eigenvalue weighted by Gasteiger charge is -2.08. The Labute approximate surface area is 108 Å². The molecule has 5 heteroatoms. The fourth-order valence-electron chi connectivity index (χ4n) is 1.79. The Morgan fingerprint density at radius 3 is 2.78 bits per heavy atom. The normalized spacial score (nSPS) is 10.5. The van der Waals surface area contributed by atoms with E-state index in [0.29, 0.717) is 5.56 Å². The van der Waals surface area contributed by atoms with Gasteiger partial charge in [0.05, 0.1) is 10.6 Å². The van der Waals surface area contributed by atoms with Gasteiger partial charge in [-0.2, -0.15) is 0 Å². The molecule has 0 bridgehead atoms. The minimum Gasteiger partial charge on any atom is -0.481 e. The van der Waals surface area contributed by atoms with E-state index in [1.807, 2.05) is 23.6 Å². The number of carboxylic acids is 1. The van der Waals surface area contributed by atoms with Crippen molar-refractivity contribution in [2.75, 3.05) is 0 Å². The van der Waals surface area contributed by atoms with Gasteiger partial charge < -0.3 is 9.67 Å². The molecule has 2 aromatic heterocycles. The van der Waals surface area contributed by atoms with E-state index < -0.39 is 5.97 Å². The minimum absolute atomic E-state index is 0.0202. The van der Waals surface area contributed by atoms with Crippen LogP contribution in [0.3, 0.4) is 0 Å². The van der Waals surface area contributed by atoms with Crippen molar-refractivity contribution >= 4 is 17.3 Å². The van der Waals surface area contributed by atoms with Crippen molar-refractivity contribution in [1.82, 2.24) is 4.57 Å². The maximum Gasteiger partial charge on any atom is 0.303 e. The number of hydrogen-bond acceptors (Lipinski definition) is 3. The van der Waals surface area contributed by atoms with E-state index >= 15 is 0 Å². The van der Waals surface area contributed by atoms with Crippen molar-refractivity contribution in [2.45, 2.75) is 12.8 Å². The zero-order valence-electron chi connectivity index (χ0n) is 9.92. The Kier molecular flexibility index (Phi) is 3.62. The van der Waals surface area contributed by atoms with Gasteiger partial charge in [-0.1, -0.05) is 12.1 Å². The summed E-state index contributed by atoms with van der Waals surface area (Å²) in [6, 6.07) is 7.48.